The molecule has 3 nitrogen and oxygen atoms in total. The van der Waals surface area contributed by atoms with Crippen LogP contribution in [0.3, 0.4) is 0 Å². The van der Waals surface area contributed by atoms with Gasteiger partial charge in [0, 0.05) is 10.9 Å². The molecular formula is C18H16FNO2. The largest absolute Gasteiger partial charge is 0.481 e. The topological polar surface area (TPSA) is 53.1 Å². The standard InChI is InChI=1S/C18H16FNO2/c1-2-11-3-8-16-14(9-11)15(10-17(21)22)18(20-16)12-4-6-13(19)7-5-12/h3-9,20H,2,10H2,1H3,(H,21,22). The van der Waals surface area contributed by atoms with Gasteiger partial charge in [0.25, 0.3) is 0 Å². The number of carbonyl (C=O) groups is 1. The van der Waals surface area contributed by atoms with Crippen molar-refractivity contribution < 1.29 is 14.3 Å². The highest BCUT2D eigenvalue weighted by atomic mass is 19.1. The maximum atomic E-state index is 13.1. The number of nitrogens with one attached hydrogen (secondary N) is 1. The Morgan fingerprint density at radius 2 is 1.91 bits per heavy atom. The number of carboxylic acid groups (broad SMARTS) is 1. The number of benzene rings is 2. The molecule has 0 fully saturated rings. The number of halogens is 1. The number of rotatable bonds is 4. The lowest BCUT2D eigenvalue weighted by Crippen LogP contribution is -2.01. The molecule has 0 radical (unpaired) electrons. The van der Waals surface area contributed by atoms with Crippen molar-refractivity contribution in [2.75, 3.05) is 0 Å². The first-order valence-corrected chi connectivity index (χ1v) is 7.19. The molecule has 112 valence electrons. The molecule has 0 aliphatic carbocycles. The van der Waals surface area contributed by atoms with Gasteiger partial charge in [0.2, 0.25) is 0 Å². The number of aromatic amines is 1. The number of fused-ring (bicyclic) bond motifs is 1. The average Bonchev–Trinajstić information content (AvgIpc) is 2.85. The van der Waals surface area contributed by atoms with Gasteiger partial charge in [-0.15, -0.1) is 0 Å². The van der Waals surface area contributed by atoms with Gasteiger partial charge < -0.3 is 10.1 Å². The van der Waals surface area contributed by atoms with E-state index in [1.807, 2.05) is 18.2 Å². The van der Waals surface area contributed by atoms with Crippen LogP contribution in [0.4, 0.5) is 4.39 Å². The van der Waals surface area contributed by atoms with Gasteiger partial charge in [-0.25, -0.2) is 4.39 Å². The average molecular weight is 297 g/mol. The number of hydrogen-bond donors (Lipinski definition) is 2. The minimum absolute atomic E-state index is 0.0696. The van der Waals surface area contributed by atoms with Gasteiger partial charge in [-0.1, -0.05) is 13.0 Å². The third-order valence-electron chi connectivity index (χ3n) is 3.84. The van der Waals surface area contributed by atoms with Crippen molar-refractivity contribution in [3.63, 3.8) is 0 Å². The zero-order valence-corrected chi connectivity index (χ0v) is 12.2. The molecule has 0 aliphatic rings. The smallest absolute Gasteiger partial charge is 0.307 e. The number of carboxylic acids is 1. The highest BCUT2D eigenvalue weighted by molar-refractivity contribution is 5.94. The lowest BCUT2D eigenvalue weighted by Gasteiger charge is -2.03. The summed E-state index contributed by atoms with van der Waals surface area (Å²) in [5.41, 5.74) is 4.32. The molecule has 0 aliphatic heterocycles. The summed E-state index contributed by atoms with van der Waals surface area (Å²) in [6.45, 7) is 2.06. The van der Waals surface area contributed by atoms with Gasteiger partial charge in [0.05, 0.1) is 12.1 Å². The van der Waals surface area contributed by atoms with Crippen LogP contribution in [0, 0.1) is 5.82 Å². The van der Waals surface area contributed by atoms with Crippen LogP contribution >= 0.6 is 0 Å². The van der Waals surface area contributed by atoms with Crippen molar-refractivity contribution in [2.45, 2.75) is 19.8 Å². The Morgan fingerprint density at radius 1 is 1.18 bits per heavy atom. The quantitative estimate of drug-likeness (QED) is 0.759. The van der Waals surface area contributed by atoms with Gasteiger partial charge in [-0.2, -0.15) is 0 Å². The number of aryl methyl sites for hydroxylation is 1. The summed E-state index contributed by atoms with van der Waals surface area (Å²) >= 11 is 0. The molecule has 22 heavy (non-hydrogen) atoms. The summed E-state index contributed by atoms with van der Waals surface area (Å²) in [5.74, 6) is -1.20. The Balaban J connectivity index is 2.23. The molecule has 3 rings (SSSR count). The second-order valence-corrected chi connectivity index (χ2v) is 5.29. The molecule has 0 bridgehead atoms. The Hall–Kier alpha value is -2.62. The van der Waals surface area contributed by atoms with Crippen LogP contribution in [0.2, 0.25) is 0 Å². The number of hydrogen-bond acceptors (Lipinski definition) is 1. The van der Waals surface area contributed by atoms with E-state index in [2.05, 4.69) is 11.9 Å². The van der Waals surface area contributed by atoms with E-state index < -0.39 is 5.97 Å². The highest BCUT2D eigenvalue weighted by Gasteiger charge is 2.16. The van der Waals surface area contributed by atoms with E-state index in [1.54, 1.807) is 12.1 Å². The van der Waals surface area contributed by atoms with E-state index in [0.29, 0.717) is 0 Å². The van der Waals surface area contributed by atoms with Gasteiger partial charge >= 0.3 is 5.97 Å². The molecule has 4 heteroatoms. The molecule has 2 N–H and O–H groups in total. The molecule has 1 aromatic heterocycles. The Labute approximate surface area is 127 Å². The second-order valence-electron chi connectivity index (χ2n) is 5.29. The molecule has 2 aromatic carbocycles. The fraction of sp³-hybridized carbons (Fsp3) is 0.167. The predicted molar refractivity (Wildman–Crippen MR) is 84.4 cm³/mol. The third-order valence-corrected chi connectivity index (χ3v) is 3.84. The monoisotopic (exact) mass is 297 g/mol. The van der Waals surface area contributed by atoms with Crippen LogP contribution < -0.4 is 0 Å². The van der Waals surface area contributed by atoms with E-state index in [9.17, 15) is 14.3 Å². The summed E-state index contributed by atoms with van der Waals surface area (Å²) in [5, 5.41) is 10.1. The first-order valence-electron chi connectivity index (χ1n) is 7.19. The van der Waals surface area contributed by atoms with E-state index in [0.717, 1.165) is 39.7 Å². The fourth-order valence-electron chi connectivity index (χ4n) is 2.71. The Kier molecular flexibility index (Phi) is 3.67. The SMILES string of the molecule is CCc1ccc2[nH]c(-c3ccc(F)cc3)c(CC(=O)O)c2c1. The van der Waals surface area contributed by atoms with Crippen molar-refractivity contribution in [1.82, 2.24) is 4.98 Å². The molecule has 0 saturated heterocycles. The van der Waals surface area contributed by atoms with Gasteiger partial charge in [0.1, 0.15) is 5.82 Å². The van der Waals surface area contributed by atoms with Gasteiger partial charge in [0.15, 0.2) is 0 Å². The van der Waals surface area contributed by atoms with Crippen molar-refractivity contribution in [3.8, 4) is 11.3 Å². The zero-order chi connectivity index (χ0) is 15.7. The maximum Gasteiger partial charge on any atom is 0.307 e. The second kappa shape index (κ2) is 5.64. The summed E-state index contributed by atoms with van der Waals surface area (Å²) in [4.78, 5) is 14.5. The summed E-state index contributed by atoms with van der Waals surface area (Å²) in [6.07, 6.45) is 0.819. The molecule has 0 saturated carbocycles. The predicted octanol–water partition coefficient (Wildman–Crippen LogP) is 4.16. The number of aliphatic carboxylic acids is 1. The van der Waals surface area contributed by atoms with E-state index in [1.165, 1.54) is 12.1 Å². The van der Waals surface area contributed by atoms with E-state index >= 15 is 0 Å². The lowest BCUT2D eigenvalue weighted by molar-refractivity contribution is -0.136. The van der Waals surface area contributed by atoms with Gasteiger partial charge in [-0.3, -0.25) is 4.79 Å². The molecule has 0 spiro atoms. The Morgan fingerprint density at radius 3 is 2.55 bits per heavy atom. The summed E-state index contributed by atoms with van der Waals surface area (Å²) in [7, 11) is 0. The van der Waals surface area contributed by atoms with Crippen LogP contribution in [-0.2, 0) is 17.6 Å². The van der Waals surface area contributed by atoms with Crippen LogP contribution in [0.5, 0.6) is 0 Å². The van der Waals surface area contributed by atoms with Crippen LogP contribution in [0.25, 0.3) is 22.2 Å². The first kappa shape index (κ1) is 14.3. The third kappa shape index (κ3) is 2.60. The lowest BCUT2D eigenvalue weighted by atomic mass is 10.0. The Bertz CT molecular complexity index is 834. The van der Waals surface area contributed by atoms with Crippen molar-refractivity contribution in [2.24, 2.45) is 0 Å². The first-order chi connectivity index (χ1) is 10.6. The van der Waals surface area contributed by atoms with Gasteiger partial charge in [-0.05, 0) is 59.5 Å². The normalized spacial score (nSPS) is 11.0. The minimum Gasteiger partial charge on any atom is -0.481 e. The molecule has 0 amide bonds. The van der Waals surface area contributed by atoms with Crippen molar-refractivity contribution in [3.05, 3.63) is 59.4 Å². The fourth-order valence-corrected chi connectivity index (χ4v) is 2.71. The maximum absolute atomic E-state index is 13.1. The molecule has 1 heterocycles. The van der Waals surface area contributed by atoms with Crippen molar-refractivity contribution >= 4 is 16.9 Å². The van der Waals surface area contributed by atoms with E-state index in [-0.39, 0.29) is 12.2 Å². The molecule has 3 aromatic rings. The summed E-state index contributed by atoms with van der Waals surface area (Å²) < 4.78 is 13.1. The highest BCUT2D eigenvalue weighted by Crippen LogP contribution is 2.31. The zero-order valence-electron chi connectivity index (χ0n) is 12.2. The minimum atomic E-state index is -0.883. The van der Waals surface area contributed by atoms with E-state index in [4.69, 9.17) is 0 Å². The molecular weight excluding hydrogens is 281 g/mol. The summed E-state index contributed by atoms with van der Waals surface area (Å²) in [6, 6.07) is 12.1. The van der Waals surface area contributed by atoms with Crippen LogP contribution in [0.1, 0.15) is 18.1 Å². The van der Waals surface area contributed by atoms with Crippen LogP contribution in [0.15, 0.2) is 42.5 Å². The molecule has 0 unspecified atom stereocenters. The molecule has 0 atom stereocenters. The number of H-pyrrole nitrogens is 1. The van der Waals surface area contributed by atoms with Crippen molar-refractivity contribution in [1.29, 1.82) is 0 Å². The van der Waals surface area contributed by atoms with Crippen LogP contribution in [-0.4, -0.2) is 16.1 Å². The number of aromatic nitrogens is 1.